The van der Waals surface area contributed by atoms with Crippen molar-refractivity contribution in [1.82, 2.24) is 10.2 Å². The Labute approximate surface area is 84.8 Å². The summed E-state index contributed by atoms with van der Waals surface area (Å²) in [5.74, 6) is 2.18. The van der Waals surface area contributed by atoms with Gasteiger partial charge < -0.3 is 10.2 Å². The molecule has 1 N–H and O–H groups in total. The minimum Gasteiger partial charge on any atom is -0.342 e. The number of nitrogens with zero attached hydrogens (tertiary/aromatic N) is 1. The summed E-state index contributed by atoms with van der Waals surface area (Å²) in [5, 5.41) is 3.39. The van der Waals surface area contributed by atoms with Gasteiger partial charge in [0.1, 0.15) is 0 Å². The summed E-state index contributed by atoms with van der Waals surface area (Å²) >= 11 is 0. The summed E-state index contributed by atoms with van der Waals surface area (Å²) in [6.45, 7) is 1.29. The number of fused-ring (bicyclic) bond motifs is 2. The van der Waals surface area contributed by atoms with Crippen LogP contribution in [0.5, 0.6) is 0 Å². The van der Waals surface area contributed by atoms with E-state index in [4.69, 9.17) is 0 Å². The van der Waals surface area contributed by atoms with Gasteiger partial charge in [0.05, 0.1) is 0 Å². The van der Waals surface area contributed by atoms with Crippen LogP contribution in [0.25, 0.3) is 0 Å². The van der Waals surface area contributed by atoms with Crippen molar-refractivity contribution in [2.45, 2.75) is 37.8 Å². The first kappa shape index (κ1) is 8.72. The van der Waals surface area contributed by atoms with Gasteiger partial charge in [0, 0.05) is 25.6 Å². The van der Waals surface area contributed by atoms with Crippen LogP contribution in [0.2, 0.25) is 0 Å². The van der Waals surface area contributed by atoms with Crippen LogP contribution in [-0.2, 0) is 4.79 Å². The normalized spacial score (nSPS) is 46.6. The van der Waals surface area contributed by atoms with Crippen molar-refractivity contribution in [3.8, 4) is 0 Å². The van der Waals surface area contributed by atoms with Crippen molar-refractivity contribution >= 4 is 5.91 Å². The first-order valence-electron chi connectivity index (χ1n) is 5.75. The number of nitrogens with one attached hydrogen (secondary N) is 1. The molecule has 0 aromatic rings. The molecular formula is C11H18N2O. The highest BCUT2D eigenvalue weighted by atomic mass is 16.2. The maximum Gasteiger partial charge on any atom is 0.222 e. The standard InChI is InChI=1S/C6H9NO.C5H9N/c1-7-5-2-4(5)3-6(7)8;1-2-6-5-3-4(1)5/h4-5H,2-3H2,1H3;4-6H,1-3H2. The van der Waals surface area contributed by atoms with E-state index in [1.54, 1.807) is 0 Å². The summed E-state index contributed by atoms with van der Waals surface area (Å²) in [5.41, 5.74) is 0. The van der Waals surface area contributed by atoms with Crippen molar-refractivity contribution in [3.05, 3.63) is 0 Å². The molecule has 2 saturated heterocycles. The quantitative estimate of drug-likeness (QED) is 0.612. The van der Waals surface area contributed by atoms with Crippen molar-refractivity contribution in [3.63, 3.8) is 0 Å². The van der Waals surface area contributed by atoms with Gasteiger partial charge in [0.2, 0.25) is 5.91 Å². The summed E-state index contributed by atoms with van der Waals surface area (Å²) < 4.78 is 0. The van der Waals surface area contributed by atoms with Crippen LogP contribution in [0.1, 0.15) is 25.7 Å². The fourth-order valence-electron chi connectivity index (χ4n) is 2.75. The van der Waals surface area contributed by atoms with Gasteiger partial charge >= 0.3 is 0 Å². The van der Waals surface area contributed by atoms with Gasteiger partial charge in [-0.15, -0.1) is 0 Å². The minimum atomic E-state index is 0.339. The van der Waals surface area contributed by atoms with Gasteiger partial charge in [0.15, 0.2) is 0 Å². The first-order chi connectivity index (χ1) is 6.75. The van der Waals surface area contributed by atoms with E-state index in [0.29, 0.717) is 11.9 Å². The molecule has 4 rings (SSSR count). The van der Waals surface area contributed by atoms with E-state index in [1.165, 1.54) is 25.8 Å². The maximum atomic E-state index is 10.7. The fourth-order valence-corrected chi connectivity index (χ4v) is 2.75. The predicted molar refractivity (Wildman–Crippen MR) is 53.8 cm³/mol. The molecule has 0 spiro atoms. The number of hydrogen-bond donors (Lipinski definition) is 1. The molecule has 0 aromatic heterocycles. The monoisotopic (exact) mass is 194 g/mol. The van der Waals surface area contributed by atoms with E-state index in [-0.39, 0.29) is 0 Å². The zero-order valence-electron chi connectivity index (χ0n) is 8.70. The third kappa shape index (κ3) is 1.44. The molecule has 2 aliphatic carbocycles. The van der Waals surface area contributed by atoms with Crippen LogP contribution in [-0.4, -0.2) is 36.5 Å². The molecule has 78 valence electrons. The van der Waals surface area contributed by atoms with Gasteiger partial charge in [-0.2, -0.15) is 0 Å². The lowest BCUT2D eigenvalue weighted by Crippen LogP contribution is -2.22. The molecule has 0 radical (unpaired) electrons. The minimum absolute atomic E-state index is 0.339. The van der Waals surface area contributed by atoms with Gasteiger partial charge in [0.25, 0.3) is 0 Å². The predicted octanol–water partition coefficient (Wildman–Crippen LogP) is 0.605. The van der Waals surface area contributed by atoms with Gasteiger partial charge in [-0.3, -0.25) is 4.79 Å². The molecule has 2 heterocycles. The van der Waals surface area contributed by atoms with Crippen molar-refractivity contribution in [2.24, 2.45) is 11.8 Å². The molecule has 3 nitrogen and oxygen atoms in total. The van der Waals surface area contributed by atoms with Gasteiger partial charge in [-0.05, 0) is 37.6 Å². The lowest BCUT2D eigenvalue weighted by atomic mass is 10.3. The average molecular weight is 194 g/mol. The number of rotatable bonds is 0. The number of piperidine rings is 2. The van der Waals surface area contributed by atoms with E-state index >= 15 is 0 Å². The molecule has 4 unspecified atom stereocenters. The molecule has 0 aromatic carbocycles. The second-order valence-corrected chi connectivity index (χ2v) is 5.12. The van der Waals surface area contributed by atoms with E-state index < -0.39 is 0 Å². The van der Waals surface area contributed by atoms with Crippen molar-refractivity contribution < 1.29 is 4.79 Å². The fraction of sp³-hybridized carbons (Fsp3) is 0.909. The Morgan fingerprint density at radius 3 is 2.43 bits per heavy atom. The summed E-state index contributed by atoms with van der Waals surface area (Å²) in [4.78, 5) is 12.6. The third-order valence-electron chi connectivity index (χ3n) is 4.06. The molecular weight excluding hydrogens is 176 g/mol. The topological polar surface area (TPSA) is 32.3 Å². The Hall–Kier alpha value is -0.570. The van der Waals surface area contributed by atoms with Crippen LogP contribution in [0.4, 0.5) is 0 Å². The smallest absolute Gasteiger partial charge is 0.222 e. The third-order valence-corrected chi connectivity index (χ3v) is 4.06. The highest BCUT2D eigenvalue weighted by Crippen LogP contribution is 2.43. The van der Waals surface area contributed by atoms with Crippen LogP contribution in [0.3, 0.4) is 0 Å². The second-order valence-electron chi connectivity index (χ2n) is 5.12. The largest absolute Gasteiger partial charge is 0.342 e. The first-order valence-corrected chi connectivity index (χ1v) is 5.75. The number of carbonyl (C=O) groups excluding carboxylic acids is 1. The Kier molecular flexibility index (Phi) is 1.84. The number of amides is 1. The molecule has 3 heteroatoms. The van der Waals surface area contributed by atoms with E-state index in [9.17, 15) is 4.79 Å². The summed E-state index contributed by atoms with van der Waals surface area (Å²) in [6, 6.07) is 1.60. The Balaban J connectivity index is 0.0000000950. The molecule has 2 aliphatic heterocycles. The molecule has 14 heavy (non-hydrogen) atoms. The van der Waals surface area contributed by atoms with Gasteiger partial charge in [-0.25, -0.2) is 0 Å². The lowest BCUT2D eigenvalue weighted by Gasteiger charge is -2.08. The second kappa shape index (κ2) is 2.96. The zero-order chi connectivity index (χ0) is 9.71. The molecule has 4 atom stereocenters. The Morgan fingerprint density at radius 1 is 1.36 bits per heavy atom. The molecule has 4 fully saturated rings. The highest BCUT2D eigenvalue weighted by molar-refractivity contribution is 5.80. The van der Waals surface area contributed by atoms with Gasteiger partial charge in [-0.1, -0.05) is 0 Å². The average Bonchev–Trinajstić information content (AvgIpc) is 3.05. The highest BCUT2D eigenvalue weighted by Gasteiger charge is 2.49. The summed E-state index contributed by atoms with van der Waals surface area (Å²) in [7, 11) is 1.90. The Bertz CT molecular complexity index is 258. The molecule has 1 amide bonds. The lowest BCUT2D eigenvalue weighted by molar-refractivity contribution is -0.127. The SMILES string of the molecule is C1CC2CC2N1.CN1C(=O)CC2CC21. The van der Waals surface area contributed by atoms with Crippen LogP contribution in [0, 0.1) is 11.8 Å². The number of hydrogen-bond acceptors (Lipinski definition) is 2. The van der Waals surface area contributed by atoms with E-state index in [1.807, 2.05) is 11.9 Å². The van der Waals surface area contributed by atoms with E-state index in [2.05, 4.69) is 5.32 Å². The van der Waals surface area contributed by atoms with Crippen molar-refractivity contribution in [1.29, 1.82) is 0 Å². The van der Waals surface area contributed by atoms with E-state index in [0.717, 1.165) is 24.3 Å². The number of likely N-dealkylation sites (tertiary alicyclic amines) is 1. The molecule has 0 bridgehead atoms. The summed E-state index contributed by atoms with van der Waals surface area (Å²) in [6.07, 6.45) is 5.01. The van der Waals surface area contributed by atoms with Crippen molar-refractivity contribution in [2.75, 3.05) is 13.6 Å². The van der Waals surface area contributed by atoms with Crippen LogP contribution < -0.4 is 5.32 Å². The number of carbonyl (C=O) groups is 1. The van der Waals surface area contributed by atoms with Crippen LogP contribution in [0.15, 0.2) is 0 Å². The van der Waals surface area contributed by atoms with Crippen LogP contribution >= 0.6 is 0 Å². The molecule has 2 saturated carbocycles. The molecule has 4 aliphatic rings. The Morgan fingerprint density at radius 2 is 2.21 bits per heavy atom. The maximum absolute atomic E-state index is 10.7. The zero-order valence-corrected chi connectivity index (χ0v) is 8.70.